The second-order valence-electron chi connectivity index (χ2n) is 4.66. The first-order valence-corrected chi connectivity index (χ1v) is 6.11. The van der Waals surface area contributed by atoms with Crippen molar-refractivity contribution in [2.45, 2.75) is 38.2 Å². The first-order chi connectivity index (χ1) is 7.86. The van der Waals surface area contributed by atoms with Gasteiger partial charge in [-0.05, 0) is 29.9 Å². The first-order valence-electron chi connectivity index (χ1n) is 6.11. The second kappa shape index (κ2) is 5.44. The lowest BCUT2D eigenvalue weighted by molar-refractivity contribution is 0.274. The van der Waals surface area contributed by atoms with E-state index in [9.17, 15) is 9.50 Å². The molecule has 2 heteroatoms. The molecule has 0 aromatic heterocycles. The highest BCUT2D eigenvalue weighted by atomic mass is 19.1. The van der Waals surface area contributed by atoms with Crippen molar-refractivity contribution in [1.29, 1.82) is 0 Å². The Morgan fingerprint density at radius 3 is 2.56 bits per heavy atom. The maximum absolute atomic E-state index is 13.2. The third kappa shape index (κ3) is 2.27. The zero-order valence-electron chi connectivity index (χ0n) is 9.53. The van der Waals surface area contributed by atoms with Crippen molar-refractivity contribution in [2.24, 2.45) is 5.92 Å². The van der Waals surface area contributed by atoms with Crippen molar-refractivity contribution in [3.05, 3.63) is 35.4 Å². The fraction of sp³-hybridized carbons (Fsp3) is 0.571. The summed E-state index contributed by atoms with van der Waals surface area (Å²) in [4.78, 5) is 0. The van der Waals surface area contributed by atoms with Crippen LogP contribution in [0.5, 0.6) is 0 Å². The number of benzene rings is 1. The van der Waals surface area contributed by atoms with Gasteiger partial charge in [-0.3, -0.25) is 4.39 Å². The van der Waals surface area contributed by atoms with Crippen LogP contribution in [0.1, 0.15) is 42.7 Å². The van der Waals surface area contributed by atoms with Crippen LogP contribution in [0.2, 0.25) is 0 Å². The van der Waals surface area contributed by atoms with Crippen LogP contribution < -0.4 is 0 Å². The molecule has 1 aromatic rings. The van der Waals surface area contributed by atoms with Gasteiger partial charge in [0, 0.05) is 5.92 Å². The molecule has 1 aliphatic carbocycles. The molecule has 0 saturated heterocycles. The van der Waals surface area contributed by atoms with Crippen LogP contribution in [0.25, 0.3) is 0 Å². The molecular weight excluding hydrogens is 203 g/mol. The summed E-state index contributed by atoms with van der Waals surface area (Å²) in [7, 11) is 0. The van der Waals surface area contributed by atoms with Gasteiger partial charge in [-0.2, -0.15) is 0 Å². The Morgan fingerprint density at radius 1 is 1.25 bits per heavy atom. The van der Waals surface area contributed by atoms with Crippen molar-refractivity contribution in [1.82, 2.24) is 0 Å². The Morgan fingerprint density at radius 2 is 1.94 bits per heavy atom. The minimum Gasteiger partial charge on any atom is -0.392 e. The number of rotatable bonds is 4. The summed E-state index contributed by atoms with van der Waals surface area (Å²) in [6.07, 6.45) is 4.72. The summed E-state index contributed by atoms with van der Waals surface area (Å²) >= 11 is 0. The van der Waals surface area contributed by atoms with E-state index in [1.807, 2.05) is 24.3 Å². The van der Waals surface area contributed by atoms with Gasteiger partial charge in [0.15, 0.2) is 0 Å². The topological polar surface area (TPSA) is 20.2 Å². The van der Waals surface area contributed by atoms with Crippen LogP contribution >= 0.6 is 0 Å². The lowest BCUT2D eigenvalue weighted by Gasteiger charge is -2.22. The Balaban J connectivity index is 2.24. The Kier molecular flexibility index (Phi) is 3.94. The van der Waals surface area contributed by atoms with Gasteiger partial charge in [-0.1, -0.05) is 37.1 Å². The van der Waals surface area contributed by atoms with E-state index in [1.54, 1.807) is 0 Å². The number of hydrogen-bond donors (Lipinski definition) is 1. The molecule has 1 atom stereocenters. The molecule has 0 heterocycles. The van der Waals surface area contributed by atoms with Gasteiger partial charge >= 0.3 is 0 Å². The molecule has 0 amide bonds. The van der Waals surface area contributed by atoms with E-state index in [-0.39, 0.29) is 19.2 Å². The van der Waals surface area contributed by atoms with E-state index in [4.69, 9.17) is 0 Å². The molecule has 2 rings (SSSR count). The van der Waals surface area contributed by atoms with Gasteiger partial charge in [0.25, 0.3) is 0 Å². The van der Waals surface area contributed by atoms with Crippen molar-refractivity contribution in [3.63, 3.8) is 0 Å². The molecule has 16 heavy (non-hydrogen) atoms. The van der Waals surface area contributed by atoms with Gasteiger partial charge in [0.2, 0.25) is 0 Å². The lowest BCUT2D eigenvalue weighted by atomic mass is 9.83. The van der Waals surface area contributed by atoms with Gasteiger partial charge in [0.1, 0.15) is 0 Å². The molecular formula is C14H19FO. The smallest absolute Gasteiger partial charge is 0.0965 e. The molecule has 1 aliphatic rings. The van der Waals surface area contributed by atoms with Crippen molar-refractivity contribution >= 4 is 0 Å². The highest BCUT2D eigenvalue weighted by Gasteiger charge is 2.27. The fourth-order valence-electron chi connectivity index (χ4n) is 2.86. The van der Waals surface area contributed by atoms with Gasteiger partial charge < -0.3 is 5.11 Å². The van der Waals surface area contributed by atoms with Crippen molar-refractivity contribution in [3.8, 4) is 0 Å². The third-order valence-electron chi connectivity index (χ3n) is 3.76. The van der Waals surface area contributed by atoms with E-state index in [2.05, 4.69) is 0 Å². The van der Waals surface area contributed by atoms with Crippen LogP contribution in [0.15, 0.2) is 24.3 Å². The van der Waals surface area contributed by atoms with Crippen LogP contribution in [-0.4, -0.2) is 11.8 Å². The minimum atomic E-state index is -0.304. The quantitative estimate of drug-likeness (QED) is 0.827. The number of aliphatic hydroxyl groups is 1. The summed E-state index contributed by atoms with van der Waals surface area (Å²) in [5, 5.41) is 9.28. The highest BCUT2D eigenvalue weighted by molar-refractivity contribution is 5.30. The van der Waals surface area contributed by atoms with E-state index in [1.165, 1.54) is 12.8 Å². The zero-order valence-corrected chi connectivity index (χ0v) is 9.53. The van der Waals surface area contributed by atoms with Crippen LogP contribution in [0.3, 0.4) is 0 Å². The summed E-state index contributed by atoms with van der Waals surface area (Å²) in [5.74, 6) is 0.462. The van der Waals surface area contributed by atoms with Crippen LogP contribution in [0, 0.1) is 5.92 Å². The third-order valence-corrected chi connectivity index (χ3v) is 3.76. The summed E-state index contributed by atoms with van der Waals surface area (Å²) in [5.41, 5.74) is 1.90. The molecule has 1 N–H and O–H groups in total. The highest BCUT2D eigenvalue weighted by Crippen LogP contribution is 2.38. The average Bonchev–Trinajstić information content (AvgIpc) is 2.84. The second-order valence-corrected chi connectivity index (χ2v) is 4.66. The number of hydrogen-bond acceptors (Lipinski definition) is 1. The van der Waals surface area contributed by atoms with Crippen molar-refractivity contribution < 1.29 is 9.50 Å². The predicted molar refractivity (Wildman–Crippen MR) is 63.0 cm³/mol. The van der Waals surface area contributed by atoms with Crippen molar-refractivity contribution in [2.75, 3.05) is 6.67 Å². The van der Waals surface area contributed by atoms with E-state index < -0.39 is 0 Å². The number of alkyl halides is 1. The molecule has 0 radical (unpaired) electrons. The molecule has 1 aromatic carbocycles. The molecule has 0 bridgehead atoms. The van der Waals surface area contributed by atoms with E-state index in [0.717, 1.165) is 24.0 Å². The molecule has 88 valence electrons. The van der Waals surface area contributed by atoms with Gasteiger partial charge in [-0.25, -0.2) is 0 Å². The molecule has 1 fully saturated rings. The zero-order chi connectivity index (χ0) is 11.4. The lowest BCUT2D eigenvalue weighted by Crippen LogP contribution is -2.14. The van der Waals surface area contributed by atoms with Gasteiger partial charge in [0.05, 0.1) is 13.3 Å². The Labute approximate surface area is 96.3 Å². The molecule has 0 aliphatic heterocycles. The normalized spacial score (nSPS) is 18.9. The van der Waals surface area contributed by atoms with E-state index >= 15 is 0 Å². The monoisotopic (exact) mass is 222 g/mol. The summed E-state index contributed by atoms with van der Waals surface area (Å²) in [6.45, 7) is -0.291. The summed E-state index contributed by atoms with van der Waals surface area (Å²) < 4.78 is 13.2. The SMILES string of the molecule is OCc1ccccc1C(CF)C1CCCC1. The first kappa shape index (κ1) is 11.6. The standard InChI is InChI=1S/C14H19FO/c15-9-14(11-5-1-2-6-11)13-8-4-3-7-12(13)10-16/h3-4,7-8,11,14,16H,1-2,5-6,9-10H2. The Hall–Kier alpha value is -0.890. The van der Waals surface area contributed by atoms with Crippen LogP contribution in [0.4, 0.5) is 4.39 Å². The number of aliphatic hydroxyl groups excluding tert-OH is 1. The maximum atomic E-state index is 13.2. The maximum Gasteiger partial charge on any atom is 0.0965 e. The molecule has 1 saturated carbocycles. The van der Waals surface area contributed by atoms with Gasteiger partial charge in [-0.15, -0.1) is 0 Å². The summed E-state index contributed by atoms with van der Waals surface area (Å²) in [6, 6.07) is 7.70. The fourth-order valence-corrected chi connectivity index (χ4v) is 2.86. The van der Waals surface area contributed by atoms with E-state index in [0.29, 0.717) is 5.92 Å². The minimum absolute atomic E-state index is 0.00847. The largest absolute Gasteiger partial charge is 0.392 e. The molecule has 0 spiro atoms. The van der Waals surface area contributed by atoms with Crippen LogP contribution in [-0.2, 0) is 6.61 Å². The predicted octanol–water partition coefficient (Wildman–Crippen LogP) is 3.42. The number of halogens is 1. The average molecular weight is 222 g/mol. The molecule has 1 nitrogen and oxygen atoms in total. The Bertz CT molecular complexity index is 331. The molecule has 1 unspecified atom stereocenters.